The van der Waals surface area contributed by atoms with Crippen LogP contribution in [0.5, 0.6) is 6.08 Å². The highest BCUT2D eigenvalue weighted by Gasteiger charge is 2.06. The van der Waals surface area contributed by atoms with Crippen LogP contribution in [-0.4, -0.2) is 24.5 Å². The fourth-order valence-corrected chi connectivity index (χ4v) is 1.27. The first-order valence-corrected chi connectivity index (χ1v) is 4.98. The molecule has 0 aliphatic carbocycles. The van der Waals surface area contributed by atoms with Crippen LogP contribution < -0.4 is 10.1 Å². The van der Waals surface area contributed by atoms with Crippen molar-refractivity contribution in [3.63, 3.8) is 0 Å². The van der Waals surface area contributed by atoms with Crippen LogP contribution in [0.25, 0.3) is 11.1 Å². The van der Waals surface area contributed by atoms with E-state index in [9.17, 15) is 4.79 Å². The molecule has 1 heterocycles. The minimum absolute atomic E-state index is 0.0730. The monoisotopic (exact) mass is 220 g/mol. The van der Waals surface area contributed by atoms with Gasteiger partial charge in [-0.1, -0.05) is 12.1 Å². The van der Waals surface area contributed by atoms with E-state index in [0.717, 1.165) is 5.52 Å². The van der Waals surface area contributed by atoms with Crippen molar-refractivity contribution < 1.29 is 13.9 Å². The van der Waals surface area contributed by atoms with E-state index in [0.29, 0.717) is 5.58 Å². The lowest BCUT2D eigenvalue weighted by molar-refractivity contribution is -0.121. The first-order chi connectivity index (χ1) is 7.79. The molecular formula is C11H12N2O3. The predicted octanol–water partition coefficient (Wildman–Crippen LogP) is 1.34. The molecule has 1 aromatic carbocycles. The largest absolute Gasteiger partial charge is 0.450 e. The molecule has 2 aromatic rings. The van der Waals surface area contributed by atoms with Gasteiger partial charge in [-0.15, -0.1) is 0 Å². The van der Waals surface area contributed by atoms with Crippen molar-refractivity contribution in [2.24, 2.45) is 0 Å². The summed E-state index contributed by atoms with van der Waals surface area (Å²) in [6, 6.07) is 7.39. The second-order valence-electron chi connectivity index (χ2n) is 3.22. The smallest absolute Gasteiger partial charge is 0.394 e. The summed E-state index contributed by atoms with van der Waals surface area (Å²) in [6.07, 6.45) is 0.486. The Morgan fingerprint density at radius 1 is 1.50 bits per heavy atom. The van der Waals surface area contributed by atoms with Gasteiger partial charge in [-0.05, 0) is 12.1 Å². The number of rotatable bonds is 4. The third kappa shape index (κ3) is 2.31. The van der Waals surface area contributed by atoms with E-state index in [2.05, 4.69) is 10.3 Å². The fraction of sp³-hybridized carbons (Fsp3) is 0.273. The number of nitrogens with zero attached hydrogens (tertiary/aromatic N) is 1. The Hall–Kier alpha value is -2.04. The summed E-state index contributed by atoms with van der Waals surface area (Å²) < 4.78 is 10.5. The lowest BCUT2D eigenvalue weighted by Crippen LogP contribution is -2.20. The highest BCUT2D eigenvalue weighted by molar-refractivity contribution is 5.75. The molecule has 0 spiro atoms. The van der Waals surface area contributed by atoms with Crippen LogP contribution >= 0.6 is 0 Å². The molecule has 0 saturated carbocycles. The average Bonchev–Trinajstić information content (AvgIpc) is 2.71. The summed E-state index contributed by atoms with van der Waals surface area (Å²) in [5.41, 5.74) is 1.43. The first-order valence-electron chi connectivity index (χ1n) is 4.98. The summed E-state index contributed by atoms with van der Waals surface area (Å²) in [6.45, 7) is 0.256. The molecule has 5 heteroatoms. The van der Waals surface area contributed by atoms with E-state index in [4.69, 9.17) is 9.15 Å². The maximum absolute atomic E-state index is 10.9. The number of hydrogen-bond donors (Lipinski definition) is 1. The molecule has 0 aliphatic rings. The number of ether oxygens (including phenoxy) is 1. The number of nitrogens with one attached hydrogen (secondary N) is 1. The van der Waals surface area contributed by atoms with Gasteiger partial charge < -0.3 is 14.5 Å². The number of carbonyl (C=O) groups is 1. The third-order valence-corrected chi connectivity index (χ3v) is 2.11. The van der Waals surface area contributed by atoms with Crippen LogP contribution in [0.3, 0.4) is 0 Å². The minimum Gasteiger partial charge on any atom is -0.450 e. The molecule has 0 radical (unpaired) electrons. The van der Waals surface area contributed by atoms with Crippen LogP contribution in [0.15, 0.2) is 28.7 Å². The van der Waals surface area contributed by atoms with Gasteiger partial charge in [0.2, 0.25) is 5.91 Å². The summed E-state index contributed by atoms with van der Waals surface area (Å²) in [5.74, 6) is -0.0730. The van der Waals surface area contributed by atoms with Gasteiger partial charge in [-0.25, -0.2) is 0 Å². The summed E-state index contributed by atoms with van der Waals surface area (Å²) in [5, 5.41) is 2.51. The van der Waals surface area contributed by atoms with Crippen LogP contribution in [0.4, 0.5) is 0 Å². The zero-order valence-corrected chi connectivity index (χ0v) is 8.90. The Kier molecular flexibility index (Phi) is 3.05. The molecule has 2 rings (SSSR count). The van der Waals surface area contributed by atoms with E-state index < -0.39 is 0 Å². The first kappa shape index (κ1) is 10.5. The normalized spacial score (nSPS) is 10.3. The van der Waals surface area contributed by atoms with Gasteiger partial charge in [0.15, 0.2) is 5.58 Å². The van der Waals surface area contributed by atoms with Gasteiger partial charge >= 0.3 is 6.08 Å². The Bertz CT molecular complexity index is 460. The van der Waals surface area contributed by atoms with Crippen molar-refractivity contribution in [1.29, 1.82) is 0 Å². The Morgan fingerprint density at radius 3 is 3.06 bits per heavy atom. The predicted molar refractivity (Wildman–Crippen MR) is 58.2 cm³/mol. The molecule has 1 aromatic heterocycles. The topological polar surface area (TPSA) is 64.4 Å². The van der Waals surface area contributed by atoms with E-state index in [1.54, 1.807) is 7.05 Å². The second kappa shape index (κ2) is 4.65. The van der Waals surface area contributed by atoms with Gasteiger partial charge in [0.1, 0.15) is 12.1 Å². The lowest BCUT2D eigenvalue weighted by Gasteiger charge is -1.99. The molecule has 1 N–H and O–H groups in total. The number of amides is 1. The maximum atomic E-state index is 10.9. The van der Waals surface area contributed by atoms with Crippen molar-refractivity contribution in [2.75, 3.05) is 13.7 Å². The number of aromatic nitrogens is 1. The SMILES string of the molecule is CNC(=O)CCOc1nc2ccccc2o1. The van der Waals surface area contributed by atoms with Crippen LogP contribution in [0.1, 0.15) is 6.42 Å². The number of carbonyl (C=O) groups excluding carboxylic acids is 1. The summed E-state index contributed by atoms with van der Waals surface area (Å²) in [7, 11) is 1.59. The van der Waals surface area contributed by atoms with Gasteiger partial charge in [-0.3, -0.25) is 4.79 Å². The van der Waals surface area contributed by atoms with Crippen LogP contribution in [-0.2, 0) is 4.79 Å². The molecule has 0 aliphatic heterocycles. The van der Waals surface area contributed by atoms with E-state index in [-0.39, 0.29) is 25.0 Å². The maximum Gasteiger partial charge on any atom is 0.394 e. The molecule has 16 heavy (non-hydrogen) atoms. The highest BCUT2D eigenvalue weighted by atomic mass is 16.6. The van der Waals surface area contributed by atoms with E-state index >= 15 is 0 Å². The Labute approximate surface area is 92.4 Å². The zero-order chi connectivity index (χ0) is 11.4. The third-order valence-electron chi connectivity index (χ3n) is 2.11. The van der Waals surface area contributed by atoms with Crippen molar-refractivity contribution in [2.45, 2.75) is 6.42 Å². The molecule has 0 atom stereocenters. The summed E-state index contributed by atoms with van der Waals surface area (Å²) in [4.78, 5) is 15.0. The van der Waals surface area contributed by atoms with Gasteiger partial charge in [0.05, 0.1) is 6.42 Å². The Balaban J connectivity index is 1.97. The number of oxazole rings is 1. The van der Waals surface area contributed by atoms with Crippen molar-refractivity contribution in [3.8, 4) is 6.08 Å². The highest BCUT2D eigenvalue weighted by Crippen LogP contribution is 2.19. The lowest BCUT2D eigenvalue weighted by atomic mass is 10.3. The molecule has 0 bridgehead atoms. The molecule has 0 unspecified atom stereocenters. The minimum atomic E-state index is -0.0730. The van der Waals surface area contributed by atoms with Crippen LogP contribution in [0, 0.1) is 0 Å². The molecule has 0 fully saturated rings. The fourth-order valence-electron chi connectivity index (χ4n) is 1.27. The number of benzene rings is 1. The molecule has 1 amide bonds. The quantitative estimate of drug-likeness (QED) is 0.844. The number of hydrogen-bond acceptors (Lipinski definition) is 4. The standard InChI is InChI=1S/C11H12N2O3/c1-12-10(14)6-7-15-11-13-8-4-2-3-5-9(8)16-11/h2-5H,6-7H2,1H3,(H,12,14). The molecule has 84 valence electrons. The number of fused-ring (bicyclic) bond motifs is 1. The van der Waals surface area contributed by atoms with E-state index in [1.165, 1.54) is 0 Å². The van der Waals surface area contributed by atoms with Crippen molar-refractivity contribution in [3.05, 3.63) is 24.3 Å². The molecule has 5 nitrogen and oxygen atoms in total. The van der Waals surface area contributed by atoms with Gasteiger partial charge in [-0.2, -0.15) is 4.98 Å². The van der Waals surface area contributed by atoms with Gasteiger partial charge in [0.25, 0.3) is 0 Å². The number of para-hydroxylation sites is 2. The van der Waals surface area contributed by atoms with E-state index in [1.807, 2.05) is 24.3 Å². The average molecular weight is 220 g/mol. The Morgan fingerprint density at radius 2 is 2.31 bits per heavy atom. The summed E-state index contributed by atoms with van der Waals surface area (Å²) >= 11 is 0. The van der Waals surface area contributed by atoms with Crippen molar-refractivity contribution >= 4 is 17.0 Å². The second-order valence-corrected chi connectivity index (χ2v) is 3.22. The zero-order valence-electron chi connectivity index (χ0n) is 8.90. The van der Waals surface area contributed by atoms with Crippen molar-refractivity contribution in [1.82, 2.24) is 10.3 Å². The molecule has 0 saturated heterocycles. The molecular weight excluding hydrogens is 208 g/mol. The van der Waals surface area contributed by atoms with Crippen LogP contribution in [0.2, 0.25) is 0 Å². The van der Waals surface area contributed by atoms with Gasteiger partial charge in [0, 0.05) is 7.05 Å².